The molecular formula is C14H18BrNO. The monoisotopic (exact) mass is 295 g/mol. The highest BCUT2D eigenvalue weighted by atomic mass is 79.9. The van der Waals surface area contributed by atoms with Crippen molar-refractivity contribution in [3.8, 4) is 0 Å². The summed E-state index contributed by atoms with van der Waals surface area (Å²) >= 11 is 3.43. The van der Waals surface area contributed by atoms with Crippen LogP contribution < -0.4 is 0 Å². The smallest absolute Gasteiger partial charge is 0.133 e. The van der Waals surface area contributed by atoms with Crippen molar-refractivity contribution in [2.75, 3.05) is 0 Å². The molecule has 3 heteroatoms. The van der Waals surface area contributed by atoms with E-state index in [-0.39, 0.29) is 11.5 Å². The minimum absolute atomic E-state index is 0.230. The molecule has 1 heterocycles. The lowest BCUT2D eigenvalue weighted by molar-refractivity contribution is 0.0540. The first-order chi connectivity index (χ1) is 7.94. The number of benzene rings is 1. The molecule has 1 atom stereocenters. The number of halogens is 1. The predicted octanol–water partition coefficient (Wildman–Crippen LogP) is 4.38. The first-order valence-corrected chi connectivity index (χ1v) is 6.72. The van der Waals surface area contributed by atoms with Crippen molar-refractivity contribution in [1.29, 1.82) is 0 Å². The summed E-state index contributed by atoms with van der Waals surface area (Å²) in [6, 6.07) is 8.22. The molecule has 0 N–H and O–H groups in total. The van der Waals surface area contributed by atoms with Gasteiger partial charge in [0.1, 0.15) is 6.10 Å². The lowest BCUT2D eigenvalue weighted by Gasteiger charge is -2.21. The average Bonchev–Trinajstić information content (AvgIpc) is 2.64. The molecule has 0 radical (unpaired) electrons. The molecule has 0 aromatic heterocycles. The van der Waals surface area contributed by atoms with Crippen molar-refractivity contribution in [3.63, 3.8) is 0 Å². The van der Waals surface area contributed by atoms with Gasteiger partial charge in [0.05, 0.1) is 5.71 Å². The van der Waals surface area contributed by atoms with Gasteiger partial charge >= 0.3 is 0 Å². The minimum atomic E-state index is 0.230. The van der Waals surface area contributed by atoms with Crippen LogP contribution in [0.1, 0.15) is 39.2 Å². The summed E-state index contributed by atoms with van der Waals surface area (Å²) < 4.78 is 1.09. The first-order valence-electron chi connectivity index (χ1n) is 5.93. The molecule has 92 valence electrons. The Kier molecular flexibility index (Phi) is 3.57. The number of nitrogens with zero attached hydrogens (tertiary/aromatic N) is 1. The molecule has 1 aliphatic heterocycles. The summed E-state index contributed by atoms with van der Waals surface area (Å²) in [7, 11) is 0. The van der Waals surface area contributed by atoms with Crippen molar-refractivity contribution in [2.45, 2.75) is 39.7 Å². The van der Waals surface area contributed by atoms with Gasteiger partial charge in [-0.25, -0.2) is 0 Å². The first kappa shape index (κ1) is 12.6. The van der Waals surface area contributed by atoms with Crippen molar-refractivity contribution < 1.29 is 4.84 Å². The van der Waals surface area contributed by atoms with Gasteiger partial charge in [0.2, 0.25) is 0 Å². The van der Waals surface area contributed by atoms with Crippen LogP contribution in [0.2, 0.25) is 0 Å². The number of hydrogen-bond acceptors (Lipinski definition) is 2. The topological polar surface area (TPSA) is 21.6 Å². The maximum Gasteiger partial charge on any atom is 0.133 e. The molecule has 2 nitrogen and oxygen atoms in total. The van der Waals surface area contributed by atoms with Gasteiger partial charge in [0, 0.05) is 10.9 Å². The zero-order chi connectivity index (χ0) is 12.5. The molecule has 1 aromatic carbocycles. The number of hydrogen-bond donors (Lipinski definition) is 0. The summed E-state index contributed by atoms with van der Waals surface area (Å²) in [5, 5.41) is 4.20. The van der Waals surface area contributed by atoms with Gasteiger partial charge in [0.25, 0.3) is 0 Å². The van der Waals surface area contributed by atoms with Crippen LogP contribution in [0.3, 0.4) is 0 Å². The van der Waals surface area contributed by atoms with E-state index in [4.69, 9.17) is 4.84 Å². The van der Waals surface area contributed by atoms with Crippen molar-refractivity contribution >= 4 is 21.6 Å². The van der Waals surface area contributed by atoms with Crippen LogP contribution in [-0.4, -0.2) is 11.8 Å². The average molecular weight is 296 g/mol. The van der Waals surface area contributed by atoms with Crippen molar-refractivity contribution in [2.24, 2.45) is 10.6 Å². The number of oxime groups is 1. The molecule has 0 fully saturated rings. The van der Waals surface area contributed by atoms with Crippen LogP contribution in [0.15, 0.2) is 33.9 Å². The van der Waals surface area contributed by atoms with E-state index in [1.807, 2.05) is 12.1 Å². The third-order valence-electron chi connectivity index (χ3n) is 2.75. The molecule has 0 saturated heterocycles. The van der Waals surface area contributed by atoms with Crippen molar-refractivity contribution in [3.05, 3.63) is 34.3 Å². The lowest BCUT2D eigenvalue weighted by atomic mass is 9.87. The van der Waals surface area contributed by atoms with E-state index in [9.17, 15) is 0 Å². The second-order valence-corrected chi connectivity index (χ2v) is 6.66. The van der Waals surface area contributed by atoms with Crippen LogP contribution in [-0.2, 0) is 4.84 Å². The van der Waals surface area contributed by atoms with Gasteiger partial charge in [-0.05, 0) is 29.5 Å². The fraction of sp³-hybridized carbons (Fsp3) is 0.500. The van der Waals surface area contributed by atoms with Gasteiger partial charge < -0.3 is 4.84 Å². The van der Waals surface area contributed by atoms with Crippen molar-refractivity contribution in [1.82, 2.24) is 0 Å². The molecule has 0 amide bonds. The summed E-state index contributed by atoms with van der Waals surface area (Å²) in [5.41, 5.74) is 2.51. The molecule has 0 saturated carbocycles. The summed E-state index contributed by atoms with van der Waals surface area (Å²) in [6.07, 6.45) is 2.18. The van der Waals surface area contributed by atoms with E-state index in [1.165, 1.54) is 0 Å². The third kappa shape index (κ3) is 3.56. The summed E-state index contributed by atoms with van der Waals surface area (Å²) in [4.78, 5) is 5.50. The highest BCUT2D eigenvalue weighted by molar-refractivity contribution is 9.10. The Labute approximate surface area is 111 Å². The molecule has 0 bridgehead atoms. The molecule has 0 spiro atoms. The van der Waals surface area contributed by atoms with E-state index >= 15 is 0 Å². The van der Waals surface area contributed by atoms with Gasteiger partial charge in [-0.15, -0.1) is 0 Å². The molecular weight excluding hydrogens is 278 g/mol. The van der Waals surface area contributed by atoms with Crippen LogP contribution in [0.4, 0.5) is 0 Å². The second kappa shape index (κ2) is 4.81. The van der Waals surface area contributed by atoms with Gasteiger partial charge in [-0.2, -0.15) is 0 Å². The largest absolute Gasteiger partial charge is 0.392 e. The normalized spacial score (nSPS) is 20.0. The maximum atomic E-state index is 5.50. The molecule has 0 aliphatic carbocycles. The Bertz CT molecular complexity index is 417. The maximum absolute atomic E-state index is 5.50. The lowest BCUT2D eigenvalue weighted by Crippen LogP contribution is -2.18. The van der Waals surface area contributed by atoms with Crippen LogP contribution >= 0.6 is 15.9 Å². The van der Waals surface area contributed by atoms with Crippen LogP contribution in [0, 0.1) is 5.41 Å². The van der Waals surface area contributed by atoms with E-state index in [2.05, 4.69) is 54.0 Å². The standard InChI is InChI=1S/C14H18BrNO/c1-14(2,3)9-12-8-13(16-17-12)10-4-6-11(15)7-5-10/h4-7,12H,8-9H2,1-3H3/t12-/m0/s1. The summed E-state index contributed by atoms with van der Waals surface area (Å²) in [5.74, 6) is 0. The molecule has 17 heavy (non-hydrogen) atoms. The Hall–Kier alpha value is -0.830. The Morgan fingerprint density at radius 2 is 1.94 bits per heavy atom. The Morgan fingerprint density at radius 3 is 2.53 bits per heavy atom. The quantitative estimate of drug-likeness (QED) is 0.793. The highest BCUT2D eigenvalue weighted by Gasteiger charge is 2.26. The second-order valence-electron chi connectivity index (χ2n) is 5.74. The third-order valence-corrected chi connectivity index (χ3v) is 3.28. The van der Waals surface area contributed by atoms with Gasteiger partial charge in [-0.1, -0.05) is 54.0 Å². The van der Waals surface area contributed by atoms with E-state index in [0.29, 0.717) is 0 Å². The van der Waals surface area contributed by atoms with E-state index < -0.39 is 0 Å². The molecule has 1 aliphatic rings. The zero-order valence-electron chi connectivity index (χ0n) is 10.5. The highest BCUT2D eigenvalue weighted by Crippen LogP contribution is 2.28. The fourth-order valence-electron chi connectivity index (χ4n) is 2.03. The molecule has 1 aromatic rings. The Balaban J connectivity index is 2.00. The Morgan fingerprint density at radius 1 is 1.29 bits per heavy atom. The SMILES string of the molecule is CC(C)(C)C[C@@H]1CC(c2ccc(Br)cc2)=NO1. The number of rotatable bonds is 2. The molecule has 0 unspecified atom stereocenters. The van der Waals surface area contributed by atoms with Crippen LogP contribution in [0.25, 0.3) is 0 Å². The zero-order valence-corrected chi connectivity index (χ0v) is 12.1. The predicted molar refractivity (Wildman–Crippen MR) is 74.2 cm³/mol. The van der Waals surface area contributed by atoms with Gasteiger partial charge in [-0.3, -0.25) is 0 Å². The van der Waals surface area contributed by atoms with E-state index in [1.54, 1.807) is 0 Å². The summed E-state index contributed by atoms with van der Waals surface area (Å²) in [6.45, 7) is 6.69. The fourth-order valence-corrected chi connectivity index (χ4v) is 2.30. The van der Waals surface area contributed by atoms with E-state index in [0.717, 1.165) is 28.6 Å². The molecule has 2 rings (SSSR count). The van der Waals surface area contributed by atoms with Crippen LogP contribution in [0.5, 0.6) is 0 Å². The van der Waals surface area contributed by atoms with Gasteiger partial charge in [0.15, 0.2) is 0 Å². The minimum Gasteiger partial charge on any atom is -0.392 e.